The maximum atomic E-state index is 12.4. The van der Waals surface area contributed by atoms with Gasteiger partial charge in [0.2, 0.25) is 0 Å². The van der Waals surface area contributed by atoms with Crippen LogP contribution in [0.1, 0.15) is 36.7 Å². The fraction of sp³-hybridized carbons (Fsp3) is 0.267. The summed E-state index contributed by atoms with van der Waals surface area (Å²) in [6.07, 6.45) is 3.58. The molecule has 0 bridgehead atoms. The van der Waals surface area contributed by atoms with Gasteiger partial charge in [-0.3, -0.25) is 10.1 Å². The monoisotopic (exact) mass is 300 g/mol. The van der Waals surface area contributed by atoms with Crippen LogP contribution in [0, 0.1) is 0 Å². The molecule has 0 aliphatic heterocycles. The summed E-state index contributed by atoms with van der Waals surface area (Å²) in [5, 5.41) is 9.78. The topological polar surface area (TPSA) is 94.1 Å². The molecule has 7 nitrogen and oxygen atoms in total. The second-order valence-corrected chi connectivity index (χ2v) is 5.49. The number of hydrogen-bond acceptors (Lipinski definition) is 6. The molecule has 0 aromatic carbocycles. The fourth-order valence-electron chi connectivity index (χ4n) is 1.67. The number of hydrogen-bond donors (Lipinski definition) is 1. The molecule has 2 aromatic heterocycles. The van der Waals surface area contributed by atoms with Gasteiger partial charge in [0.05, 0.1) is 18.0 Å². The minimum Gasteiger partial charge on any atom is -0.444 e. The van der Waals surface area contributed by atoms with Crippen LogP contribution in [0.15, 0.2) is 36.8 Å². The van der Waals surface area contributed by atoms with Crippen molar-refractivity contribution in [2.45, 2.75) is 26.4 Å². The van der Waals surface area contributed by atoms with Crippen molar-refractivity contribution >= 4 is 17.7 Å². The normalized spacial score (nSPS) is 10.9. The highest BCUT2D eigenvalue weighted by Gasteiger charge is 2.20. The van der Waals surface area contributed by atoms with Crippen LogP contribution >= 0.6 is 0 Å². The molecule has 1 N–H and O–H groups in total. The third kappa shape index (κ3) is 4.08. The zero-order chi connectivity index (χ0) is 16.2. The highest BCUT2D eigenvalue weighted by Crippen LogP contribution is 2.17. The van der Waals surface area contributed by atoms with Crippen molar-refractivity contribution in [2.75, 3.05) is 5.32 Å². The van der Waals surface area contributed by atoms with Crippen LogP contribution in [0.3, 0.4) is 0 Å². The number of nitrogens with one attached hydrogen (secondary N) is 1. The Labute approximate surface area is 127 Å². The molecule has 22 heavy (non-hydrogen) atoms. The molecule has 0 aliphatic rings. The van der Waals surface area contributed by atoms with E-state index in [1.165, 1.54) is 18.6 Å². The lowest BCUT2D eigenvalue weighted by molar-refractivity contribution is 0.0635. The van der Waals surface area contributed by atoms with E-state index >= 15 is 0 Å². The van der Waals surface area contributed by atoms with Gasteiger partial charge >= 0.3 is 6.09 Å². The summed E-state index contributed by atoms with van der Waals surface area (Å²) in [5.74, 6) is -0.173. The number of carbonyl (C=O) groups is 2. The quantitative estimate of drug-likeness (QED) is 0.875. The Morgan fingerprint density at radius 1 is 1.14 bits per heavy atom. The highest BCUT2D eigenvalue weighted by atomic mass is 16.6. The van der Waals surface area contributed by atoms with Crippen molar-refractivity contribution in [3.8, 4) is 0 Å². The molecule has 114 valence electrons. The number of rotatable bonds is 3. The van der Waals surface area contributed by atoms with Gasteiger partial charge in [-0.05, 0) is 39.0 Å². The lowest BCUT2D eigenvalue weighted by atomic mass is 10.1. The van der Waals surface area contributed by atoms with E-state index in [1.807, 2.05) is 0 Å². The Bertz CT molecular complexity index is 681. The summed E-state index contributed by atoms with van der Waals surface area (Å²) in [5.41, 5.74) is -0.0329. The first kappa shape index (κ1) is 15.6. The zero-order valence-corrected chi connectivity index (χ0v) is 12.5. The van der Waals surface area contributed by atoms with E-state index < -0.39 is 11.7 Å². The molecule has 2 heterocycles. The second-order valence-electron chi connectivity index (χ2n) is 5.49. The number of aromatic nitrogens is 3. The lowest BCUT2D eigenvalue weighted by Crippen LogP contribution is -2.28. The smallest absolute Gasteiger partial charge is 0.413 e. The van der Waals surface area contributed by atoms with Gasteiger partial charge in [-0.2, -0.15) is 10.2 Å². The Balaban J connectivity index is 2.24. The average molecular weight is 300 g/mol. The van der Waals surface area contributed by atoms with E-state index in [2.05, 4.69) is 20.5 Å². The summed E-state index contributed by atoms with van der Waals surface area (Å²) < 4.78 is 5.16. The third-order valence-electron chi connectivity index (χ3n) is 2.52. The number of pyridine rings is 1. The van der Waals surface area contributed by atoms with Gasteiger partial charge in [-0.15, -0.1) is 0 Å². The molecule has 7 heteroatoms. The SMILES string of the molecule is CC(C)(C)OC(=O)Nc1ncccc1C(=O)c1ccnnc1. The molecule has 0 fully saturated rings. The first-order valence-corrected chi connectivity index (χ1v) is 6.63. The van der Waals surface area contributed by atoms with Crippen LogP contribution < -0.4 is 5.32 Å². The van der Waals surface area contributed by atoms with E-state index in [1.54, 1.807) is 39.0 Å². The molecule has 0 atom stereocenters. The molecule has 0 radical (unpaired) electrons. The van der Waals surface area contributed by atoms with Gasteiger partial charge in [0.1, 0.15) is 11.4 Å². The molecule has 0 saturated carbocycles. The van der Waals surface area contributed by atoms with Gasteiger partial charge in [0.15, 0.2) is 5.78 Å². The fourth-order valence-corrected chi connectivity index (χ4v) is 1.67. The van der Waals surface area contributed by atoms with Crippen molar-refractivity contribution < 1.29 is 14.3 Å². The summed E-state index contributed by atoms with van der Waals surface area (Å²) in [4.78, 5) is 28.3. The molecular formula is C15H16N4O3. The van der Waals surface area contributed by atoms with Crippen molar-refractivity contribution in [2.24, 2.45) is 0 Å². The van der Waals surface area contributed by atoms with Crippen LogP contribution in [-0.2, 0) is 4.74 Å². The highest BCUT2D eigenvalue weighted by molar-refractivity contribution is 6.12. The Morgan fingerprint density at radius 2 is 1.91 bits per heavy atom. The number of carbonyl (C=O) groups excluding carboxylic acids is 2. The van der Waals surface area contributed by atoms with E-state index in [0.717, 1.165) is 0 Å². The molecular weight excluding hydrogens is 284 g/mol. The van der Waals surface area contributed by atoms with E-state index in [0.29, 0.717) is 5.56 Å². The maximum absolute atomic E-state index is 12.4. The number of nitrogens with zero attached hydrogens (tertiary/aromatic N) is 3. The van der Waals surface area contributed by atoms with Crippen LogP contribution in [-0.4, -0.2) is 32.7 Å². The van der Waals surface area contributed by atoms with Crippen molar-refractivity contribution in [3.05, 3.63) is 47.9 Å². The number of anilines is 1. The lowest BCUT2D eigenvalue weighted by Gasteiger charge is -2.19. The predicted octanol–water partition coefficient (Wildman–Crippen LogP) is 2.45. The summed E-state index contributed by atoms with van der Waals surface area (Å²) in [6, 6.07) is 4.73. The predicted molar refractivity (Wildman–Crippen MR) is 79.6 cm³/mol. The Hall–Kier alpha value is -2.83. The summed E-state index contributed by atoms with van der Waals surface area (Å²) >= 11 is 0. The standard InChI is InChI=1S/C15H16N4O3/c1-15(2,3)22-14(21)19-13-11(5-4-7-16-13)12(20)10-6-8-17-18-9-10/h4-9H,1-3H3,(H,16,19,21). The zero-order valence-electron chi connectivity index (χ0n) is 12.5. The van der Waals surface area contributed by atoms with Crippen LogP contribution in [0.2, 0.25) is 0 Å². The molecule has 0 spiro atoms. The minimum atomic E-state index is -0.673. The van der Waals surface area contributed by atoms with E-state index in [4.69, 9.17) is 4.74 Å². The first-order chi connectivity index (χ1) is 10.4. The molecule has 0 aliphatic carbocycles. The van der Waals surface area contributed by atoms with Gasteiger partial charge in [0, 0.05) is 11.8 Å². The van der Waals surface area contributed by atoms with Crippen molar-refractivity contribution in [3.63, 3.8) is 0 Å². The summed E-state index contributed by atoms with van der Waals surface area (Å²) in [6.45, 7) is 5.25. The number of amides is 1. The minimum absolute atomic E-state index is 0.138. The molecule has 2 aromatic rings. The van der Waals surface area contributed by atoms with Crippen LogP contribution in [0.25, 0.3) is 0 Å². The molecule has 2 rings (SSSR count). The average Bonchev–Trinajstić information content (AvgIpc) is 2.46. The largest absolute Gasteiger partial charge is 0.444 e. The van der Waals surface area contributed by atoms with Gasteiger partial charge < -0.3 is 4.74 Å². The third-order valence-corrected chi connectivity index (χ3v) is 2.52. The Morgan fingerprint density at radius 3 is 2.55 bits per heavy atom. The van der Waals surface area contributed by atoms with Crippen LogP contribution in [0.5, 0.6) is 0 Å². The first-order valence-electron chi connectivity index (χ1n) is 6.63. The Kier molecular flexibility index (Phi) is 4.45. The van der Waals surface area contributed by atoms with E-state index in [-0.39, 0.29) is 17.2 Å². The van der Waals surface area contributed by atoms with Crippen molar-refractivity contribution in [1.82, 2.24) is 15.2 Å². The number of ketones is 1. The molecule has 0 unspecified atom stereocenters. The maximum Gasteiger partial charge on any atom is 0.413 e. The summed E-state index contributed by atoms with van der Waals surface area (Å²) in [7, 11) is 0. The van der Waals surface area contributed by atoms with Gasteiger partial charge in [-0.1, -0.05) is 0 Å². The number of ether oxygens (including phenoxy) is 1. The molecule has 1 amide bonds. The van der Waals surface area contributed by atoms with Gasteiger partial charge in [0.25, 0.3) is 0 Å². The van der Waals surface area contributed by atoms with Crippen molar-refractivity contribution in [1.29, 1.82) is 0 Å². The van der Waals surface area contributed by atoms with Gasteiger partial charge in [-0.25, -0.2) is 9.78 Å². The second kappa shape index (κ2) is 6.30. The van der Waals surface area contributed by atoms with Crippen LogP contribution in [0.4, 0.5) is 10.6 Å². The molecule has 0 saturated heterocycles. The van der Waals surface area contributed by atoms with E-state index in [9.17, 15) is 9.59 Å².